The fourth-order valence-corrected chi connectivity index (χ4v) is 4.38. The number of piperazine rings is 1. The zero-order valence-corrected chi connectivity index (χ0v) is 17.9. The number of benzene rings is 1. The van der Waals surface area contributed by atoms with E-state index >= 15 is 0 Å². The summed E-state index contributed by atoms with van der Waals surface area (Å²) in [6.45, 7) is 3.15. The molecule has 2 unspecified atom stereocenters. The van der Waals surface area contributed by atoms with Crippen LogP contribution < -0.4 is 5.32 Å². The summed E-state index contributed by atoms with van der Waals surface area (Å²) in [7, 11) is 0. The lowest BCUT2D eigenvalue weighted by Gasteiger charge is -2.46. The van der Waals surface area contributed by atoms with E-state index in [0.717, 1.165) is 41.1 Å². The third-order valence-electron chi connectivity index (χ3n) is 5.43. The number of hydrogen-bond acceptors (Lipinski definition) is 4. The van der Waals surface area contributed by atoms with E-state index in [1.807, 2.05) is 12.3 Å². The van der Waals surface area contributed by atoms with Gasteiger partial charge in [0, 0.05) is 54.1 Å². The molecule has 0 radical (unpaired) electrons. The van der Waals surface area contributed by atoms with Gasteiger partial charge in [-0.25, -0.2) is 9.97 Å². The molecular weight excluding hydrogens is 449 g/mol. The van der Waals surface area contributed by atoms with Crippen LogP contribution >= 0.6 is 40.7 Å². The molecule has 3 aliphatic rings. The third kappa shape index (κ3) is 3.87. The topological polar surface area (TPSA) is 45.5 Å². The van der Waals surface area contributed by atoms with Crippen LogP contribution in [-0.4, -0.2) is 44.4 Å². The van der Waals surface area contributed by atoms with Gasteiger partial charge >= 0.3 is 0 Å². The molecule has 144 valence electrons. The van der Waals surface area contributed by atoms with Crippen molar-refractivity contribution in [3.05, 3.63) is 52.9 Å². The molecule has 2 bridgehead atoms. The van der Waals surface area contributed by atoms with E-state index in [1.54, 1.807) is 0 Å². The number of halogens is 3. The second kappa shape index (κ2) is 8.45. The van der Waals surface area contributed by atoms with Crippen molar-refractivity contribution < 1.29 is 0 Å². The van der Waals surface area contributed by atoms with Crippen LogP contribution in [0, 0.1) is 0 Å². The minimum Gasteiger partial charge on any atom is -0.311 e. The van der Waals surface area contributed by atoms with Gasteiger partial charge in [0.25, 0.3) is 0 Å². The first-order valence-corrected chi connectivity index (χ1v) is 9.62. The first-order valence-electron chi connectivity index (χ1n) is 8.83. The maximum atomic E-state index is 4.83. The van der Waals surface area contributed by atoms with Crippen LogP contribution in [-0.2, 0) is 6.54 Å². The number of nitrogens with one attached hydrogen (secondary N) is 1. The zero-order valence-electron chi connectivity index (χ0n) is 14.7. The number of aromatic nitrogens is 3. The fourth-order valence-electron chi connectivity index (χ4n) is 4.11. The van der Waals surface area contributed by atoms with E-state index in [2.05, 4.69) is 66.0 Å². The van der Waals surface area contributed by atoms with E-state index in [-0.39, 0.29) is 24.8 Å². The minimum absolute atomic E-state index is 0. The smallest absolute Gasteiger partial charge is 0.234 e. The largest absolute Gasteiger partial charge is 0.311 e. The summed E-state index contributed by atoms with van der Waals surface area (Å²) in [5, 5.41) is 3.64. The van der Waals surface area contributed by atoms with Gasteiger partial charge in [-0.05, 0) is 31.0 Å². The van der Waals surface area contributed by atoms with Crippen LogP contribution in [0.15, 0.2) is 47.2 Å². The molecule has 27 heavy (non-hydrogen) atoms. The van der Waals surface area contributed by atoms with Crippen molar-refractivity contribution in [3.63, 3.8) is 0 Å². The molecule has 1 N–H and O–H groups in total. The second-order valence-corrected chi connectivity index (χ2v) is 7.89. The van der Waals surface area contributed by atoms with Crippen LogP contribution in [0.25, 0.3) is 17.0 Å². The van der Waals surface area contributed by atoms with Crippen LogP contribution in [0.3, 0.4) is 0 Å². The highest BCUT2D eigenvalue weighted by molar-refractivity contribution is 9.10. The Morgan fingerprint density at radius 3 is 2.63 bits per heavy atom. The van der Waals surface area contributed by atoms with Gasteiger partial charge in [0.1, 0.15) is 0 Å². The van der Waals surface area contributed by atoms with E-state index in [4.69, 9.17) is 4.98 Å². The number of fused-ring (bicyclic) bond motifs is 4. The molecule has 2 aromatic heterocycles. The van der Waals surface area contributed by atoms with Gasteiger partial charge in [-0.3, -0.25) is 9.30 Å². The summed E-state index contributed by atoms with van der Waals surface area (Å²) in [5.74, 6) is 0.774. The van der Waals surface area contributed by atoms with Crippen LogP contribution in [0.1, 0.15) is 18.5 Å². The zero-order chi connectivity index (χ0) is 16.8. The quantitative estimate of drug-likeness (QED) is 0.629. The van der Waals surface area contributed by atoms with Gasteiger partial charge in [-0.1, -0.05) is 28.1 Å². The number of rotatable bonds is 3. The van der Waals surface area contributed by atoms with Crippen LogP contribution in [0.2, 0.25) is 0 Å². The Balaban J connectivity index is 0.00000105. The molecular formula is C19H22BrCl2N5. The first-order chi connectivity index (χ1) is 12.3. The average molecular weight is 471 g/mol. The van der Waals surface area contributed by atoms with E-state index in [9.17, 15) is 0 Å². The summed E-state index contributed by atoms with van der Waals surface area (Å²) < 4.78 is 3.23. The number of hydrogen-bond donors (Lipinski definition) is 1. The summed E-state index contributed by atoms with van der Waals surface area (Å²) in [6.07, 6.45) is 6.48. The maximum absolute atomic E-state index is 4.83. The Hall–Kier alpha value is -1.18. The lowest BCUT2D eigenvalue weighted by Crippen LogP contribution is -2.60. The molecule has 3 aliphatic heterocycles. The molecule has 0 amide bonds. The van der Waals surface area contributed by atoms with Crippen molar-refractivity contribution >= 4 is 46.5 Å². The highest BCUT2D eigenvalue weighted by Gasteiger charge is 2.34. The lowest BCUT2D eigenvalue weighted by atomic mass is 9.93. The molecule has 5 nitrogen and oxygen atoms in total. The molecule has 3 aromatic rings. The molecule has 0 aliphatic carbocycles. The molecule has 6 rings (SSSR count). The number of nitrogens with zero attached hydrogens (tertiary/aromatic N) is 4. The number of imidazole rings is 1. The van der Waals surface area contributed by atoms with E-state index in [0.29, 0.717) is 12.1 Å². The third-order valence-corrected chi connectivity index (χ3v) is 5.96. The molecule has 1 aromatic carbocycles. The maximum Gasteiger partial charge on any atom is 0.234 e. The van der Waals surface area contributed by atoms with Crippen molar-refractivity contribution in [1.29, 1.82) is 0 Å². The highest BCUT2D eigenvalue weighted by Crippen LogP contribution is 2.29. The summed E-state index contributed by atoms with van der Waals surface area (Å²) >= 11 is 3.52. The summed E-state index contributed by atoms with van der Waals surface area (Å²) in [4.78, 5) is 11.9. The van der Waals surface area contributed by atoms with Gasteiger partial charge in [0.15, 0.2) is 0 Å². The molecule has 5 heterocycles. The average Bonchev–Trinajstić information content (AvgIpc) is 3.02. The SMILES string of the molecule is Brc1ccc(-c2nc3ncccn3c2CN2CC3CCC2CN3)cc1.Cl.Cl. The fraction of sp³-hybridized carbons (Fsp3) is 0.368. The first kappa shape index (κ1) is 20.6. The van der Waals surface area contributed by atoms with Gasteiger partial charge in [0.2, 0.25) is 5.78 Å². The molecule has 0 spiro atoms. The standard InChI is InChI=1S/C19H20BrN5.2ClH/c20-14-4-2-13(3-5-14)18-17(25-9-1-8-21-19(25)23-18)12-24-11-15-6-7-16(24)10-22-15;;/h1-5,8-9,15-16,22H,6-7,10-12H2;2*1H. The lowest BCUT2D eigenvalue weighted by molar-refractivity contribution is 0.0674. The molecule has 3 fully saturated rings. The highest BCUT2D eigenvalue weighted by atomic mass is 79.9. The summed E-state index contributed by atoms with van der Waals surface area (Å²) in [5.41, 5.74) is 3.42. The normalized spacial score (nSPS) is 21.7. The van der Waals surface area contributed by atoms with Gasteiger partial charge in [0.05, 0.1) is 11.4 Å². The van der Waals surface area contributed by atoms with Gasteiger partial charge in [-0.2, -0.15) is 0 Å². The van der Waals surface area contributed by atoms with Crippen LogP contribution in [0.4, 0.5) is 0 Å². The summed E-state index contributed by atoms with van der Waals surface area (Å²) in [6, 6.07) is 11.6. The van der Waals surface area contributed by atoms with Gasteiger partial charge < -0.3 is 5.32 Å². The minimum atomic E-state index is 0. The van der Waals surface area contributed by atoms with Crippen molar-refractivity contribution in [2.75, 3.05) is 13.1 Å². The molecule has 0 saturated carbocycles. The van der Waals surface area contributed by atoms with Crippen LogP contribution in [0.5, 0.6) is 0 Å². The van der Waals surface area contributed by atoms with Crippen molar-refractivity contribution in [2.45, 2.75) is 31.5 Å². The number of piperidine rings is 2. The Bertz CT molecular complexity index is 906. The van der Waals surface area contributed by atoms with Gasteiger partial charge in [-0.15, -0.1) is 24.8 Å². The Morgan fingerprint density at radius 1 is 1.15 bits per heavy atom. The van der Waals surface area contributed by atoms with Crippen molar-refractivity contribution in [2.24, 2.45) is 0 Å². The molecule has 3 saturated heterocycles. The van der Waals surface area contributed by atoms with E-state index < -0.39 is 0 Å². The molecule has 8 heteroatoms. The molecule has 2 atom stereocenters. The predicted octanol–water partition coefficient (Wildman–Crippen LogP) is 3.94. The Kier molecular flexibility index (Phi) is 6.43. The monoisotopic (exact) mass is 469 g/mol. The Morgan fingerprint density at radius 2 is 1.96 bits per heavy atom. The van der Waals surface area contributed by atoms with Crippen molar-refractivity contribution in [3.8, 4) is 11.3 Å². The van der Waals surface area contributed by atoms with Crippen molar-refractivity contribution in [1.82, 2.24) is 24.6 Å². The predicted molar refractivity (Wildman–Crippen MR) is 116 cm³/mol. The second-order valence-electron chi connectivity index (χ2n) is 6.97. The Labute approximate surface area is 179 Å². The van der Waals surface area contributed by atoms with E-state index in [1.165, 1.54) is 18.5 Å².